The lowest BCUT2D eigenvalue weighted by Gasteiger charge is -2.15. The third-order valence-electron chi connectivity index (χ3n) is 2.20. The number of pyridine rings is 1. The lowest BCUT2D eigenvalue weighted by Crippen LogP contribution is -2.40. The monoisotopic (exact) mass is 207 g/mol. The molecule has 0 fully saturated rings. The van der Waals surface area contributed by atoms with Gasteiger partial charge in [-0.1, -0.05) is 13.3 Å². The molecular weight excluding hydrogens is 190 g/mol. The predicted molar refractivity (Wildman–Crippen MR) is 59.5 cm³/mol. The van der Waals surface area contributed by atoms with Crippen molar-refractivity contribution in [2.24, 2.45) is 5.73 Å². The third-order valence-corrected chi connectivity index (χ3v) is 2.20. The Hall–Kier alpha value is -1.42. The molecule has 1 amide bonds. The molecular formula is C11H17N3O. The number of rotatable bonds is 5. The van der Waals surface area contributed by atoms with Gasteiger partial charge in [0.05, 0.1) is 0 Å². The van der Waals surface area contributed by atoms with Crippen LogP contribution in [0.15, 0.2) is 24.5 Å². The van der Waals surface area contributed by atoms with E-state index in [0.29, 0.717) is 12.1 Å². The highest BCUT2D eigenvalue weighted by Crippen LogP contribution is 1.99. The van der Waals surface area contributed by atoms with Crippen molar-refractivity contribution in [3.05, 3.63) is 30.1 Å². The van der Waals surface area contributed by atoms with Gasteiger partial charge in [0, 0.05) is 30.5 Å². The van der Waals surface area contributed by atoms with E-state index < -0.39 is 0 Å². The number of carbonyl (C=O) groups is 1. The zero-order chi connectivity index (χ0) is 11.1. The molecule has 1 aromatic heterocycles. The fourth-order valence-electron chi connectivity index (χ4n) is 1.37. The molecule has 4 heteroatoms. The molecule has 0 saturated carbocycles. The summed E-state index contributed by atoms with van der Waals surface area (Å²) in [5.41, 5.74) is 6.18. The number of nitrogens with one attached hydrogen (secondary N) is 1. The maximum absolute atomic E-state index is 11.7. The highest BCUT2D eigenvalue weighted by atomic mass is 16.1. The van der Waals surface area contributed by atoms with E-state index in [9.17, 15) is 4.79 Å². The number of nitrogens with two attached hydrogens (primary N) is 1. The van der Waals surface area contributed by atoms with E-state index in [4.69, 9.17) is 5.73 Å². The van der Waals surface area contributed by atoms with Gasteiger partial charge in [0.1, 0.15) is 0 Å². The summed E-state index contributed by atoms with van der Waals surface area (Å²) in [6.07, 6.45) is 5.13. The van der Waals surface area contributed by atoms with Gasteiger partial charge in [-0.3, -0.25) is 9.78 Å². The summed E-state index contributed by atoms with van der Waals surface area (Å²) in [6.45, 7) is 2.55. The minimum absolute atomic E-state index is 0.0654. The summed E-state index contributed by atoms with van der Waals surface area (Å²) < 4.78 is 0. The van der Waals surface area contributed by atoms with Crippen molar-refractivity contribution in [3.8, 4) is 0 Å². The smallest absolute Gasteiger partial charge is 0.251 e. The van der Waals surface area contributed by atoms with Gasteiger partial charge in [-0.05, 0) is 18.6 Å². The molecule has 0 aliphatic rings. The topological polar surface area (TPSA) is 68.0 Å². The molecule has 0 saturated heterocycles. The first-order valence-electron chi connectivity index (χ1n) is 5.19. The molecule has 82 valence electrons. The number of amides is 1. The molecule has 3 N–H and O–H groups in total. The average Bonchev–Trinajstić information content (AvgIpc) is 2.29. The van der Waals surface area contributed by atoms with Crippen molar-refractivity contribution < 1.29 is 4.79 Å². The van der Waals surface area contributed by atoms with Gasteiger partial charge in [-0.2, -0.15) is 0 Å². The molecule has 4 nitrogen and oxygen atoms in total. The fourth-order valence-corrected chi connectivity index (χ4v) is 1.37. The van der Waals surface area contributed by atoms with Crippen molar-refractivity contribution in [2.75, 3.05) is 6.54 Å². The van der Waals surface area contributed by atoms with E-state index in [0.717, 1.165) is 12.8 Å². The maximum Gasteiger partial charge on any atom is 0.251 e. The molecule has 15 heavy (non-hydrogen) atoms. The molecule has 1 aromatic rings. The first kappa shape index (κ1) is 11.7. The third kappa shape index (κ3) is 3.67. The summed E-state index contributed by atoms with van der Waals surface area (Å²) in [6, 6.07) is 3.44. The minimum atomic E-state index is -0.0821. The second kappa shape index (κ2) is 6.14. The lowest BCUT2D eigenvalue weighted by molar-refractivity contribution is 0.0936. The van der Waals surface area contributed by atoms with Gasteiger partial charge in [-0.15, -0.1) is 0 Å². The number of aromatic nitrogens is 1. The van der Waals surface area contributed by atoms with Crippen molar-refractivity contribution >= 4 is 5.91 Å². The predicted octanol–water partition coefficient (Wildman–Crippen LogP) is 0.939. The van der Waals surface area contributed by atoms with E-state index in [1.165, 1.54) is 0 Å². The van der Waals surface area contributed by atoms with Crippen LogP contribution in [0.2, 0.25) is 0 Å². The number of hydrogen-bond acceptors (Lipinski definition) is 3. The number of nitrogens with zero attached hydrogens (tertiary/aromatic N) is 1. The Bertz CT molecular complexity index is 300. The van der Waals surface area contributed by atoms with Gasteiger partial charge in [-0.25, -0.2) is 0 Å². The van der Waals surface area contributed by atoms with Gasteiger partial charge in [0.2, 0.25) is 0 Å². The summed E-state index contributed by atoms with van der Waals surface area (Å²) in [7, 11) is 0. The normalized spacial score (nSPS) is 12.1. The van der Waals surface area contributed by atoms with E-state index in [1.54, 1.807) is 24.5 Å². The number of carbonyl (C=O) groups excluding carboxylic acids is 1. The second-order valence-corrected chi connectivity index (χ2v) is 3.43. The summed E-state index contributed by atoms with van der Waals surface area (Å²) in [4.78, 5) is 15.6. The first-order valence-corrected chi connectivity index (χ1v) is 5.19. The highest BCUT2D eigenvalue weighted by Gasteiger charge is 2.10. The Balaban J connectivity index is 2.55. The maximum atomic E-state index is 11.7. The highest BCUT2D eigenvalue weighted by molar-refractivity contribution is 5.94. The molecule has 0 spiro atoms. The Kier molecular flexibility index (Phi) is 4.77. The van der Waals surface area contributed by atoms with Gasteiger partial charge in [0.15, 0.2) is 0 Å². The molecule has 0 aliphatic carbocycles. The SMILES string of the molecule is CCCC(CN)NC(=O)c1ccncc1. The zero-order valence-electron chi connectivity index (χ0n) is 8.94. The van der Waals surface area contributed by atoms with E-state index in [-0.39, 0.29) is 11.9 Å². The van der Waals surface area contributed by atoms with Crippen molar-refractivity contribution in [2.45, 2.75) is 25.8 Å². The van der Waals surface area contributed by atoms with Gasteiger partial charge < -0.3 is 11.1 Å². The van der Waals surface area contributed by atoms with Crippen LogP contribution in [0, 0.1) is 0 Å². The van der Waals surface area contributed by atoms with Crippen LogP contribution in [-0.2, 0) is 0 Å². The lowest BCUT2D eigenvalue weighted by atomic mass is 10.1. The van der Waals surface area contributed by atoms with E-state index in [1.807, 2.05) is 0 Å². The zero-order valence-corrected chi connectivity index (χ0v) is 8.94. The minimum Gasteiger partial charge on any atom is -0.348 e. The summed E-state index contributed by atoms with van der Waals surface area (Å²) in [5.74, 6) is -0.0821. The summed E-state index contributed by atoms with van der Waals surface area (Å²) in [5, 5.41) is 2.89. The van der Waals surface area contributed by atoms with Crippen molar-refractivity contribution in [1.29, 1.82) is 0 Å². The van der Waals surface area contributed by atoms with Gasteiger partial charge >= 0.3 is 0 Å². The average molecular weight is 207 g/mol. The Morgan fingerprint density at radius 2 is 2.20 bits per heavy atom. The van der Waals surface area contributed by atoms with Crippen LogP contribution in [-0.4, -0.2) is 23.5 Å². The fraction of sp³-hybridized carbons (Fsp3) is 0.455. The summed E-state index contributed by atoms with van der Waals surface area (Å²) >= 11 is 0. The van der Waals surface area contributed by atoms with Crippen LogP contribution in [0.3, 0.4) is 0 Å². The second-order valence-electron chi connectivity index (χ2n) is 3.43. The van der Waals surface area contributed by atoms with Gasteiger partial charge in [0.25, 0.3) is 5.91 Å². The molecule has 1 atom stereocenters. The van der Waals surface area contributed by atoms with Crippen molar-refractivity contribution in [1.82, 2.24) is 10.3 Å². The quantitative estimate of drug-likeness (QED) is 0.755. The van der Waals surface area contributed by atoms with Crippen LogP contribution in [0.25, 0.3) is 0 Å². The van der Waals surface area contributed by atoms with Crippen molar-refractivity contribution in [3.63, 3.8) is 0 Å². The molecule has 0 bridgehead atoms. The van der Waals surface area contributed by atoms with E-state index >= 15 is 0 Å². The molecule has 1 unspecified atom stereocenters. The molecule has 1 heterocycles. The molecule has 0 aliphatic heterocycles. The number of hydrogen-bond donors (Lipinski definition) is 2. The standard InChI is InChI=1S/C11H17N3O/c1-2-3-10(8-12)14-11(15)9-4-6-13-7-5-9/h4-7,10H,2-3,8,12H2,1H3,(H,14,15). The molecule has 0 radical (unpaired) electrons. The Morgan fingerprint density at radius 1 is 1.53 bits per heavy atom. The first-order chi connectivity index (χ1) is 7.27. The Labute approximate surface area is 89.9 Å². The molecule has 1 rings (SSSR count). The van der Waals surface area contributed by atoms with Crippen LogP contribution in [0.5, 0.6) is 0 Å². The van der Waals surface area contributed by atoms with Crippen LogP contribution in [0.1, 0.15) is 30.1 Å². The largest absolute Gasteiger partial charge is 0.348 e. The van der Waals surface area contributed by atoms with Crippen LogP contribution in [0.4, 0.5) is 0 Å². The van der Waals surface area contributed by atoms with Crippen LogP contribution >= 0.6 is 0 Å². The van der Waals surface area contributed by atoms with Crippen LogP contribution < -0.4 is 11.1 Å². The Morgan fingerprint density at radius 3 is 2.73 bits per heavy atom. The van der Waals surface area contributed by atoms with E-state index in [2.05, 4.69) is 17.2 Å². The molecule has 0 aromatic carbocycles.